The molecule has 0 saturated carbocycles. The van der Waals surface area contributed by atoms with E-state index in [1.54, 1.807) is 23.5 Å². The lowest BCUT2D eigenvalue weighted by Gasteiger charge is -2.22. The van der Waals surface area contributed by atoms with Gasteiger partial charge in [0.25, 0.3) is 0 Å². The van der Waals surface area contributed by atoms with Crippen LogP contribution < -0.4 is 5.32 Å². The van der Waals surface area contributed by atoms with Crippen LogP contribution in [0.4, 0.5) is 4.39 Å². The molecule has 138 valence electrons. The van der Waals surface area contributed by atoms with Gasteiger partial charge in [0, 0.05) is 44.2 Å². The summed E-state index contributed by atoms with van der Waals surface area (Å²) >= 11 is 1.71. The summed E-state index contributed by atoms with van der Waals surface area (Å²) in [7, 11) is 2.00. The molecular formula is C18H26FIN4S. The predicted octanol–water partition coefficient (Wildman–Crippen LogP) is 4.24. The summed E-state index contributed by atoms with van der Waals surface area (Å²) < 4.78 is 13.0. The normalized spacial score (nSPS) is 11.1. The number of benzene rings is 1. The van der Waals surface area contributed by atoms with Gasteiger partial charge in [-0.1, -0.05) is 12.1 Å². The molecule has 0 atom stereocenters. The Balaban J connectivity index is 0.00000312. The number of rotatable bonds is 7. The second kappa shape index (κ2) is 11.4. The van der Waals surface area contributed by atoms with Crippen LogP contribution in [0.1, 0.15) is 29.6 Å². The summed E-state index contributed by atoms with van der Waals surface area (Å²) in [5, 5.41) is 6.56. The highest BCUT2D eigenvalue weighted by molar-refractivity contribution is 14.0. The number of hydrogen-bond donors (Lipinski definition) is 1. The van der Waals surface area contributed by atoms with Crippen molar-refractivity contribution in [1.29, 1.82) is 0 Å². The first-order valence-electron chi connectivity index (χ1n) is 8.23. The fraction of sp³-hybridized carbons (Fsp3) is 0.444. The molecule has 0 radical (unpaired) electrons. The first-order valence-corrected chi connectivity index (χ1v) is 9.11. The smallest absolute Gasteiger partial charge is 0.193 e. The van der Waals surface area contributed by atoms with Crippen LogP contribution in [-0.4, -0.2) is 36.0 Å². The van der Waals surface area contributed by atoms with Crippen LogP contribution in [0.2, 0.25) is 0 Å². The quantitative estimate of drug-likeness (QED) is 0.281. The van der Waals surface area contributed by atoms with Crippen LogP contribution in [0, 0.1) is 12.7 Å². The summed E-state index contributed by atoms with van der Waals surface area (Å²) in [6, 6.07) is 6.59. The molecule has 0 amide bonds. The number of aromatic nitrogens is 1. The van der Waals surface area contributed by atoms with Crippen molar-refractivity contribution in [3.63, 3.8) is 0 Å². The first-order chi connectivity index (χ1) is 11.6. The minimum absolute atomic E-state index is 0. The molecule has 0 aliphatic carbocycles. The van der Waals surface area contributed by atoms with Crippen LogP contribution in [0.3, 0.4) is 0 Å². The van der Waals surface area contributed by atoms with Gasteiger partial charge in [-0.25, -0.2) is 9.37 Å². The summed E-state index contributed by atoms with van der Waals surface area (Å²) in [4.78, 5) is 11.2. The third kappa shape index (κ3) is 7.68. The minimum atomic E-state index is -0.209. The van der Waals surface area contributed by atoms with Crippen LogP contribution in [-0.2, 0) is 13.0 Å². The van der Waals surface area contributed by atoms with Gasteiger partial charge < -0.3 is 10.2 Å². The highest BCUT2D eigenvalue weighted by Crippen LogP contribution is 2.11. The van der Waals surface area contributed by atoms with E-state index in [2.05, 4.69) is 32.5 Å². The van der Waals surface area contributed by atoms with Crippen molar-refractivity contribution in [1.82, 2.24) is 15.2 Å². The molecule has 1 N–H and O–H groups in total. The molecule has 0 spiro atoms. The maximum atomic E-state index is 13.0. The van der Waals surface area contributed by atoms with Crippen LogP contribution in [0.5, 0.6) is 0 Å². The van der Waals surface area contributed by atoms with Crippen molar-refractivity contribution in [3.05, 3.63) is 51.7 Å². The van der Waals surface area contributed by atoms with Crippen molar-refractivity contribution in [2.75, 3.05) is 20.1 Å². The fourth-order valence-corrected chi connectivity index (χ4v) is 3.16. The van der Waals surface area contributed by atoms with Crippen molar-refractivity contribution in [3.8, 4) is 0 Å². The van der Waals surface area contributed by atoms with Crippen LogP contribution in [0.15, 0.2) is 34.6 Å². The average molecular weight is 476 g/mol. The first kappa shape index (κ1) is 21.8. The van der Waals surface area contributed by atoms with Gasteiger partial charge in [0.2, 0.25) is 0 Å². The Bertz CT molecular complexity index is 657. The Morgan fingerprint density at radius 1 is 1.32 bits per heavy atom. The van der Waals surface area contributed by atoms with E-state index in [1.807, 2.05) is 14.0 Å². The topological polar surface area (TPSA) is 40.5 Å². The molecule has 25 heavy (non-hydrogen) atoms. The van der Waals surface area contributed by atoms with Crippen LogP contribution in [0.25, 0.3) is 0 Å². The SMILES string of the molecule is CCNC(=NCCCc1nc(C)cs1)N(C)Cc1ccc(F)cc1.I. The van der Waals surface area contributed by atoms with Gasteiger partial charge in [-0.05, 0) is 38.0 Å². The van der Waals surface area contributed by atoms with Gasteiger partial charge in [-0.3, -0.25) is 4.99 Å². The molecule has 0 fully saturated rings. The molecule has 4 nitrogen and oxygen atoms in total. The second-order valence-corrected chi connectivity index (χ2v) is 6.65. The van der Waals surface area contributed by atoms with E-state index in [1.165, 1.54) is 17.1 Å². The van der Waals surface area contributed by atoms with Crippen molar-refractivity contribution >= 4 is 41.3 Å². The molecule has 0 unspecified atom stereocenters. The Morgan fingerprint density at radius 3 is 2.64 bits per heavy atom. The number of nitrogens with one attached hydrogen (secondary N) is 1. The fourth-order valence-electron chi connectivity index (χ4n) is 2.34. The number of aliphatic imine (C=N–C) groups is 1. The molecule has 2 aromatic rings. The van der Waals surface area contributed by atoms with Gasteiger partial charge in [-0.15, -0.1) is 35.3 Å². The molecular weight excluding hydrogens is 450 g/mol. The third-order valence-corrected chi connectivity index (χ3v) is 4.53. The van der Waals surface area contributed by atoms with E-state index in [-0.39, 0.29) is 29.8 Å². The maximum absolute atomic E-state index is 13.0. The van der Waals surface area contributed by atoms with Gasteiger partial charge in [-0.2, -0.15) is 0 Å². The molecule has 1 aromatic heterocycles. The molecule has 0 aliphatic heterocycles. The van der Waals surface area contributed by atoms with Crippen molar-refractivity contribution in [2.24, 2.45) is 4.99 Å². The van der Waals surface area contributed by atoms with Crippen molar-refractivity contribution in [2.45, 2.75) is 33.2 Å². The summed E-state index contributed by atoms with van der Waals surface area (Å²) in [5.41, 5.74) is 2.15. The van der Waals surface area contributed by atoms with Gasteiger partial charge in [0.15, 0.2) is 5.96 Å². The van der Waals surface area contributed by atoms with Gasteiger partial charge in [0.1, 0.15) is 5.82 Å². The lowest BCUT2D eigenvalue weighted by atomic mass is 10.2. The Hall–Kier alpha value is -1.22. The predicted molar refractivity (Wildman–Crippen MR) is 114 cm³/mol. The molecule has 1 heterocycles. The minimum Gasteiger partial charge on any atom is -0.357 e. The molecule has 7 heteroatoms. The van der Waals surface area contributed by atoms with E-state index in [4.69, 9.17) is 0 Å². The molecule has 0 saturated heterocycles. The number of nitrogens with zero attached hydrogens (tertiary/aromatic N) is 3. The zero-order valence-electron chi connectivity index (χ0n) is 15.0. The lowest BCUT2D eigenvalue weighted by molar-refractivity contribution is 0.476. The van der Waals surface area contributed by atoms with Gasteiger partial charge in [0.05, 0.1) is 5.01 Å². The van der Waals surface area contributed by atoms with Crippen molar-refractivity contribution < 1.29 is 4.39 Å². The summed E-state index contributed by atoms with van der Waals surface area (Å²) in [6.45, 7) is 6.34. The van der Waals surface area contributed by atoms with E-state index < -0.39 is 0 Å². The van der Waals surface area contributed by atoms with Gasteiger partial charge >= 0.3 is 0 Å². The zero-order chi connectivity index (χ0) is 17.4. The Morgan fingerprint density at radius 2 is 2.04 bits per heavy atom. The molecule has 1 aromatic carbocycles. The van der Waals surface area contributed by atoms with E-state index in [9.17, 15) is 4.39 Å². The zero-order valence-corrected chi connectivity index (χ0v) is 18.1. The highest BCUT2D eigenvalue weighted by Gasteiger charge is 2.06. The second-order valence-electron chi connectivity index (χ2n) is 5.70. The van der Waals surface area contributed by atoms with Crippen LogP contribution >= 0.6 is 35.3 Å². The van der Waals surface area contributed by atoms with E-state index in [0.29, 0.717) is 6.54 Å². The Kier molecular flexibility index (Phi) is 9.96. The largest absolute Gasteiger partial charge is 0.357 e. The summed E-state index contributed by atoms with van der Waals surface area (Å²) in [5.74, 6) is 0.663. The number of halogens is 2. The molecule has 2 rings (SSSR count). The number of aryl methyl sites for hydroxylation is 2. The standard InChI is InChI=1S/C18H25FN4S.HI/c1-4-20-18(21-11-5-6-17-22-14(2)13-24-17)23(3)12-15-7-9-16(19)10-8-15;/h7-10,13H,4-6,11-12H2,1-3H3,(H,20,21);1H. The number of guanidine groups is 1. The number of hydrogen-bond acceptors (Lipinski definition) is 3. The maximum Gasteiger partial charge on any atom is 0.193 e. The summed E-state index contributed by atoms with van der Waals surface area (Å²) in [6.07, 6.45) is 1.94. The third-order valence-electron chi connectivity index (χ3n) is 3.51. The monoisotopic (exact) mass is 476 g/mol. The number of thiazole rings is 1. The highest BCUT2D eigenvalue weighted by atomic mass is 127. The average Bonchev–Trinajstić information content (AvgIpc) is 2.98. The Labute approximate surface area is 170 Å². The van der Waals surface area contributed by atoms with E-state index >= 15 is 0 Å². The molecule has 0 aliphatic rings. The molecule has 0 bridgehead atoms. The van der Waals surface area contributed by atoms with E-state index in [0.717, 1.165) is 43.1 Å². The lowest BCUT2D eigenvalue weighted by Crippen LogP contribution is -2.38.